The zero-order chi connectivity index (χ0) is 12.2. The van der Waals surface area contributed by atoms with Crippen LogP contribution in [0.5, 0.6) is 0 Å². The quantitative estimate of drug-likeness (QED) is 0.862. The Labute approximate surface area is 100 Å². The maximum absolute atomic E-state index is 11.4. The van der Waals surface area contributed by atoms with Gasteiger partial charge in [-0.15, -0.1) is 0 Å². The highest BCUT2D eigenvalue weighted by Crippen LogP contribution is 2.18. The molecular formula is C9H14ClN3O2S. The molecule has 0 aliphatic rings. The first-order valence-electron chi connectivity index (χ1n) is 4.67. The van der Waals surface area contributed by atoms with Crippen molar-refractivity contribution in [2.24, 2.45) is 0 Å². The number of anilines is 1. The number of aromatic nitrogens is 1. The number of rotatable bonds is 5. The Hall–Kier alpha value is -0.850. The van der Waals surface area contributed by atoms with Crippen LogP contribution in [0.1, 0.15) is 0 Å². The zero-order valence-electron chi connectivity index (χ0n) is 9.14. The molecule has 0 spiro atoms. The summed E-state index contributed by atoms with van der Waals surface area (Å²) >= 11 is 5.85. The second-order valence-corrected chi connectivity index (χ2v) is 6.09. The molecule has 90 valence electrons. The van der Waals surface area contributed by atoms with Gasteiger partial charge < -0.3 is 5.32 Å². The average molecular weight is 264 g/mol. The Balaban J connectivity index is 2.52. The van der Waals surface area contributed by atoms with Gasteiger partial charge in [-0.2, -0.15) is 0 Å². The lowest BCUT2D eigenvalue weighted by molar-refractivity contribution is 0.521. The van der Waals surface area contributed by atoms with Gasteiger partial charge in [0.1, 0.15) is 0 Å². The number of hydrogen-bond acceptors (Lipinski definition) is 4. The van der Waals surface area contributed by atoms with Gasteiger partial charge in [-0.3, -0.25) is 4.98 Å². The fraction of sp³-hybridized carbons (Fsp3) is 0.444. The summed E-state index contributed by atoms with van der Waals surface area (Å²) in [7, 11) is -0.152. The first kappa shape index (κ1) is 13.2. The van der Waals surface area contributed by atoms with E-state index in [1.807, 2.05) is 0 Å². The molecule has 0 unspecified atom stereocenters. The van der Waals surface area contributed by atoms with E-state index in [0.717, 1.165) is 0 Å². The topological polar surface area (TPSA) is 62.3 Å². The third kappa shape index (κ3) is 3.62. The van der Waals surface area contributed by atoms with Gasteiger partial charge in [0.15, 0.2) is 0 Å². The molecular weight excluding hydrogens is 250 g/mol. The third-order valence-electron chi connectivity index (χ3n) is 2.00. The minimum atomic E-state index is -3.17. The standard InChI is InChI=1S/C9H14ClN3O2S/c1-13(2)16(14,15)6-5-12-9-3-4-11-7-8(9)10/h3-4,7H,5-6H2,1-2H3,(H,11,12). The molecule has 1 rings (SSSR count). The molecule has 1 heterocycles. The number of pyridine rings is 1. The molecule has 0 bridgehead atoms. The van der Waals surface area contributed by atoms with Crippen molar-refractivity contribution in [3.63, 3.8) is 0 Å². The molecule has 0 aliphatic carbocycles. The SMILES string of the molecule is CN(C)S(=O)(=O)CCNc1ccncc1Cl. The monoisotopic (exact) mass is 263 g/mol. The van der Waals surface area contributed by atoms with Gasteiger partial charge in [-0.25, -0.2) is 12.7 Å². The van der Waals surface area contributed by atoms with Gasteiger partial charge in [-0.05, 0) is 6.07 Å². The van der Waals surface area contributed by atoms with Crippen LogP contribution in [0, 0.1) is 0 Å². The van der Waals surface area contributed by atoms with Crippen LogP contribution in [0.3, 0.4) is 0 Å². The predicted octanol–water partition coefficient (Wildman–Crippen LogP) is 1.04. The molecule has 0 aliphatic heterocycles. The van der Waals surface area contributed by atoms with Crippen molar-refractivity contribution in [1.82, 2.24) is 9.29 Å². The Morgan fingerprint density at radius 1 is 1.50 bits per heavy atom. The molecule has 0 fully saturated rings. The van der Waals surface area contributed by atoms with Gasteiger partial charge >= 0.3 is 0 Å². The van der Waals surface area contributed by atoms with Crippen LogP contribution in [0.25, 0.3) is 0 Å². The first-order valence-corrected chi connectivity index (χ1v) is 6.66. The Morgan fingerprint density at radius 2 is 2.19 bits per heavy atom. The van der Waals surface area contributed by atoms with E-state index in [1.165, 1.54) is 24.6 Å². The summed E-state index contributed by atoms with van der Waals surface area (Å²) in [5.74, 6) is 0.0264. The van der Waals surface area contributed by atoms with E-state index in [-0.39, 0.29) is 5.75 Å². The average Bonchev–Trinajstić information content (AvgIpc) is 2.20. The van der Waals surface area contributed by atoms with Crippen molar-refractivity contribution >= 4 is 27.3 Å². The largest absolute Gasteiger partial charge is 0.383 e. The lowest BCUT2D eigenvalue weighted by Crippen LogP contribution is -2.28. The van der Waals surface area contributed by atoms with Gasteiger partial charge in [0.05, 0.1) is 16.5 Å². The highest BCUT2D eigenvalue weighted by Gasteiger charge is 2.12. The molecule has 1 N–H and O–H groups in total. The van der Waals surface area contributed by atoms with Crippen molar-refractivity contribution in [3.05, 3.63) is 23.5 Å². The van der Waals surface area contributed by atoms with Crippen LogP contribution in [-0.2, 0) is 10.0 Å². The molecule has 7 heteroatoms. The first-order chi connectivity index (χ1) is 7.43. The van der Waals surface area contributed by atoms with Crippen molar-refractivity contribution in [2.75, 3.05) is 31.7 Å². The molecule has 0 saturated carbocycles. The molecule has 16 heavy (non-hydrogen) atoms. The van der Waals surface area contributed by atoms with Gasteiger partial charge in [0, 0.05) is 33.0 Å². The zero-order valence-corrected chi connectivity index (χ0v) is 10.7. The summed E-state index contributed by atoms with van der Waals surface area (Å²) in [6.45, 7) is 0.310. The van der Waals surface area contributed by atoms with Crippen LogP contribution in [0.2, 0.25) is 5.02 Å². The highest BCUT2D eigenvalue weighted by atomic mass is 35.5. The minimum Gasteiger partial charge on any atom is -0.383 e. The third-order valence-corrected chi connectivity index (χ3v) is 4.14. The molecule has 0 radical (unpaired) electrons. The van der Waals surface area contributed by atoms with E-state index < -0.39 is 10.0 Å². The van der Waals surface area contributed by atoms with E-state index in [0.29, 0.717) is 17.3 Å². The minimum absolute atomic E-state index is 0.0264. The Morgan fingerprint density at radius 3 is 2.75 bits per heavy atom. The number of hydrogen-bond donors (Lipinski definition) is 1. The summed E-state index contributed by atoms with van der Waals surface area (Å²) in [5, 5.41) is 3.42. The smallest absolute Gasteiger partial charge is 0.215 e. The summed E-state index contributed by atoms with van der Waals surface area (Å²) in [5.41, 5.74) is 0.686. The summed E-state index contributed by atoms with van der Waals surface area (Å²) in [4.78, 5) is 3.83. The van der Waals surface area contributed by atoms with Gasteiger partial charge in [-0.1, -0.05) is 11.6 Å². The van der Waals surface area contributed by atoms with Crippen LogP contribution in [-0.4, -0.2) is 44.1 Å². The van der Waals surface area contributed by atoms with Crippen molar-refractivity contribution in [3.8, 4) is 0 Å². The second-order valence-electron chi connectivity index (χ2n) is 3.38. The van der Waals surface area contributed by atoms with Gasteiger partial charge in [0.25, 0.3) is 0 Å². The van der Waals surface area contributed by atoms with Crippen molar-refractivity contribution < 1.29 is 8.42 Å². The number of halogens is 1. The predicted molar refractivity (Wildman–Crippen MR) is 65.2 cm³/mol. The molecule has 0 aromatic carbocycles. The van der Waals surface area contributed by atoms with E-state index in [4.69, 9.17) is 11.6 Å². The molecule has 0 saturated heterocycles. The van der Waals surface area contributed by atoms with Crippen molar-refractivity contribution in [1.29, 1.82) is 0 Å². The molecule has 0 amide bonds. The van der Waals surface area contributed by atoms with E-state index in [1.54, 1.807) is 12.3 Å². The van der Waals surface area contributed by atoms with Crippen LogP contribution in [0.15, 0.2) is 18.5 Å². The highest BCUT2D eigenvalue weighted by molar-refractivity contribution is 7.89. The number of nitrogens with zero attached hydrogens (tertiary/aromatic N) is 2. The summed E-state index contributed by atoms with van der Waals surface area (Å²) < 4.78 is 24.1. The summed E-state index contributed by atoms with van der Waals surface area (Å²) in [6, 6.07) is 1.70. The van der Waals surface area contributed by atoms with Crippen molar-refractivity contribution in [2.45, 2.75) is 0 Å². The Bertz CT molecular complexity index is 448. The van der Waals surface area contributed by atoms with E-state index in [9.17, 15) is 8.42 Å². The second kappa shape index (κ2) is 5.47. The molecule has 1 aromatic heterocycles. The van der Waals surface area contributed by atoms with Crippen LogP contribution < -0.4 is 5.32 Å². The molecule has 0 atom stereocenters. The lowest BCUT2D eigenvalue weighted by Gasteiger charge is -2.12. The Kier molecular flexibility index (Phi) is 4.52. The van der Waals surface area contributed by atoms with E-state index >= 15 is 0 Å². The van der Waals surface area contributed by atoms with Crippen LogP contribution in [0.4, 0.5) is 5.69 Å². The number of nitrogens with one attached hydrogen (secondary N) is 1. The summed E-state index contributed by atoms with van der Waals surface area (Å²) in [6.07, 6.45) is 3.10. The maximum atomic E-state index is 11.4. The molecule has 1 aromatic rings. The van der Waals surface area contributed by atoms with Crippen LogP contribution >= 0.6 is 11.6 Å². The normalized spacial score (nSPS) is 11.8. The number of sulfonamides is 1. The lowest BCUT2D eigenvalue weighted by atomic mass is 10.4. The molecule has 5 nitrogen and oxygen atoms in total. The fourth-order valence-corrected chi connectivity index (χ4v) is 1.93. The fourth-order valence-electron chi connectivity index (χ4n) is 1.02. The van der Waals surface area contributed by atoms with E-state index in [2.05, 4.69) is 10.3 Å². The maximum Gasteiger partial charge on any atom is 0.215 e. The van der Waals surface area contributed by atoms with Gasteiger partial charge in [0.2, 0.25) is 10.0 Å².